The van der Waals surface area contributed by atoms with Crippen molar-refractivity contribution in [1.82, 2.24) is 26.6 Å². The Bertz CT molecular complexity index is 219. The van der Waals surface area contributed by atoms with Crippen molar-refractivity contribution >= 4 is 5.97 Å². The molecule has 0 radical (unpaired) electrons. The Balaban J connectivity index is 2.94. The number of methoxy groups -OCH3 is 1. The molecule has 0 unspecified atom stereocenters. The molecule has 6 N–H and O–H groups in total. The summed E-state index contributed by atoms with van der Waals surface area (Å²) in [6.45, 7) is 7.54. The van der Waals surface area contributed by atoms with Crippen LogP contribution < -0.4 is 26.6 Å². The lowest BCUT2D eigenvalue weighted by Gasteiger charge is -2.08. The number of hydrogen-bond acceptors (Lipinski definition) is 7. The topological polar surface area (TPSA) is 107 Å². The van der Waals surface area contributed by atoms with E-state index < -0.39 is 5.97 Å². The number of ether oxygens (including phenoxy) is 1. The van der Waals surface area contributed by atoms with Crippen LogP contribution in [0.15, 0.2) is 0 Å². The lowest BCUT2D eigenvalue weighted by molar-refractivity contribution is -0.135. The fourth-order valence-corrected chi connectivity index (χ4v) is 1.45. The van der Waals surface area contributed by atoms with Crippen LogP contribution in [0.25, 0.3) is 0 Å². The number of carboxylic acids is 1. The van der Waals surface area contributed by atoms with Crippen molar-refractivity contribution < 1.29 is 14.6 Å². The second-order valence-electron chi connectivity index (χ2n) is 4.25. The van der Waals surface area contributed by atoms with Crippen LogP contribution in [0.4, 0.5) is 0 Å². The summed E-state index contributed by atoms with van der Waals surface area (Å²) < 4.78 is 4.87. The minimum atomic E-state index is -0.823. The lowest BCUT2D eigenvalue weighted by atomic mass is 10.5. The molecule has 0 fully saturated rings. The SMILES string of the molecule is COCNCCNCCNCCNCCNCC(=O)O. The summed E-state index contributed by atoms with van der Waals surface area (Å²) in [5.41, 5.74) is 0. The predicted octanol–water partition coefficient (Wildman–Crippen LogP) is -2.38. The maximum absolute atomic E-state index is 10.2. The van der Waals surface area contributed by atoms with E-state index in [1.807, 2.05) is 0 Å². The van der Waals surface area contributed by atoms with Gasteiger partial charge in [0.2, 0.25) is 0 Å². The molecule has 0 aliphatic rings. The highest BCUT2D eigenvalue weighted by molar-refractivity contribution is 5.68. The largest absolute Gasteiger partial charge is 0.480 e. The number of carboxylic acid groups (broad SMARTS) is 1. The van der Waals surface area contributed by atoms with Crippen molar-refractivity contribution in [3.8, 4) is 0 Å². The van der Waals surface area contributed by atoms with Gasteiger partial charge in [0.1, 0.15) is 0 Å². The quantitative estimate of drug-likeness (QED) is 0.138. The van der Waals surface area contributed by atoms with Gasteiger partial charge in [0.25, 0.3) is 0 Å². The molecule has 0 aliphatic carbocycles. The maximum Gasteiger partial charge on any atom is 0.317 e. The molecule has 0 aliphatic heterocycles. The van der Waals surface area contributed by atoms with Crippen molar-refractivity contribution in [3.05, 3.63) is 0 Å². The van der Waals surface area contributed by atoms with Gasteiger partial charge in [-0.1, -0.05) is 0 Å². The maximum atomic E-state index is 10.2. The Morgan fingerprint density at radius 2 is 1.20 bits per heavy atom. The van der Waals surface area contributed by atoms with Crippen LogP contribution in [-0.2, 0) is 9.53 Å². The summed E-state index contributed by atoms with van der Waals surface area (Å²) >= 11 is 0. The van der Waals surface area contributed by atoms with E-state index >= 15 is 0 Å². The minimum absolute atomic E-state index is 0.0187. The molecule has 0 aromatic carbocycles. The van der Waals surface area contributed by atoms with Crippen molar-refractivity contribution in [1.29, 1.82) is 0 Å². The van der Waals surface area contributed by atoms with Crippen molar-refractivity contribution in [2.24, 2.45) is 0 Å². The molecule has 0 atom stereocenters. The molecule has 0 aromatic rings. The minimum Gasteiger partial charge on any atom is -0.480 e. The molecular formula is C12H29N5O3. The predicted molar refractivity (Wildman–Crippen MR) is 79.0 cm³/mol. The van der Waals surface area contributed by atoms with Gasteiger partial charge in [-0.3, -0.25) is 10.1 Å². The number of rotatable bonds is 16. The van der Waals surface area contributed by atoms with E-state index in [1.54, 1.807) is 7.11 Å². The average molecular weight is 291 g/mol. The normalized spacial score (nSPS) is 10.8. The van der Waals surface area contributed by atoms with Crippen LogP contribution in [-0.4, -0.2) is 83.8 Å². The zero-order valence-electron chi connectivity index (χ0n) is 12.3. The van der Waals surface area contributed by atoms with E-state index in [0.717, 1.165) is 45.8 Å². The van der Waals surface area contributed by atoms with E-state index in [0.29, 0.717) is 13.3 Å². The third kappa shape index (κ3) is 17.2. The Kier molecular flexibility index (Phi) is 15.7. The molecule has 8 heteroatoms. The highest BCUT2D eigenvalue weighted by atomic mass is 16.5. The van der Waals surface area contributed by atoms with Gasteiger partial charge in [-0.05, 0) is 0 Å². The van der Waals surface area contributed by atoms with Crippen LogP contribution in [0.5, 0.6) is 0 Å². The fourth-order valence-electron chi connectivity index (χ4n) is 1.45. The van der Waals surface area contributed by atoms with Crippen LogP contribution in [0.3, 0.4) is 0 Å². The van der Waals surface area contributed by atoms with Crippen LogP contribution >= 0.6 is 0 Å². The highest BCUT2D eigenvalue weighted by Crippen LogP contribution is 1.65. The molecule has 0 spiro atoms. The monoisotopic (exact) mass is 291 g/mol. The summed E-state index contributed by atoms with van der Waals surface area (Å²) in [6, 6.07) is 0. The third-order valence-electron chi connectivity index (χ3n) is 2.44. The van der Waals surface area contributed by atoms with E-state index in [9.17, 15) is 4.79 Å². The highest BCUT2D eigenvalue weighted by Gasteiger charge is 1.94. The van der Waals surface area contributed by atoms with Crippen LogP contribution in [0.2, 0.25) is 0 Å². The summed E-state index contributed by atoms with van der Waals surface area (Å²) in [5.74, 6) is -0.823. The first-order valence-corrected chi connectivity index (χ1v) is 7.01. The van der Waals surface area contributed by atoms with Gasteiger partial charge >= 0.3 is 5.97 Å². The van der Waals surface area contributed by atoms with Gasteiger partial charge in [0, 0.05) is 59.5 Å². The Morgan fingerprint density at radius 3 is 1.60 bits per heavy atom. The molecule has 20 heavy (non-hydrogen) atoms. The number of hydrogen-bond donors (Lipinski definition) is 6. The first kappa shape index (κ1) is 19.2. The molecule has 0 amide bonds. The van der Waals surface area contributed by atoms with Gasteiger partial charge < -0.3 is 31.1 Å². The van der Waals surface area contributed by atoms with Crippen molar-refractivity contribution in [3.63, 3.8) is 0 Å². The molecule has 8 nitrogen and oxygen atoms in total. The molecule has 120 valence electrons. The van der Waals surface area contributed by atoms with E-state index in [2.05, 4.69) is 26.6 Å². The van der Waals surface area contributed by atoms with E-state index in [1.165, 1.54) is 0 Å². The summed E-state index contributed by atoms with van der Waals surface area (Å²) in [5, 5.41) is 24.2. The molecular weight excluding hydrogens is 262 g/mol. The van der Waals surface area contributed by atoms with E-state index in [4.69, 9.17) is 9.84 Å². The van der Waals surface area contributed by atoms with Gasteiger partial charge in [-0.2, -0.15) is 0 Å². The van der Waals surface area contributed by atoms with Crippen LogP contribution in [0, 0.1) is 0 Å². The van der Waals surface area contributed by atoms with Crippen molar-refractivity contribution in [2.75, 3.05) is 72.7 Å². The van der Waals surface area contributed by atoms with Gasteiger partial charge in [0.05, 0.1) is 13.3 Å². The van der Waals surface area contributed by atoms with E-state index in [-0.39, 0.29) is 6.54 Å². The number of aliphatic carboxylic acids is 1. The zero-order chi connectivity index (χ0) is 14.9. The van der Waals surface area contributed by atoms with Crippen molar-refractivity contribution in [2.45, 2.75) is 0 Å². The second-order valence-corrected chi connectivity index (χ2v) is 4.25. The van der Waals surface area contributed by atoms with Gasteiger partial charge in [0.15, 0.2) is 0 Å². The zero-order valence-corrected chi connectivity index (χ0v) is 12.3. The Morgan fingerprint density at radius 1 is 0.800 bits per heavy atom. The van der Waals surface area contributed by atoms with Gasteiger partial charge in [-0.25, -0.2) is 0 Å². The molecule has 0 rings (SSSR count). The molecule has 0 aromatic heterocycles. The molecule has 0 saturated carbocycles. The standard InChI is InChI=1S/C12H29N5O3/c1-20-11-17-9-7-15-5-3-13-2-4-14-6-8-16-10-12(18)19/h13-17H,2-11H2,1H3,(H,18,19). The first-order chi connectivity index (χ1) is 9.77. The lowest BCUT2D eigenvalue weighted by Crippen LogP contribution is -2.37. The fraction of sp³-hybridized carbons (Fsp3) is 0.917. The number of carbonyl (C=O) groups is 1. The Labute approximate surface area is 121 Å². The second kappa shape index (κ2) is 16.3. The van der Waals surface area contributed by atoms with Crippen LogP contribution in [0.1, 0.15) is 0 Å². The molecule has 0 saturated heterocycles. The first-order valence-electron chi connectivity index (χ1n) is 7.01. The summed E-state index contributed by atoms with van der Waals surface area (Å²) in [6.07, 6.45) is 0. The smallest absolute Gasteiger partial charge is 0.317 e. The third-order valence-corrected chi connectivity index (χ3v) is 2.44. The summed E-state index contributed by atoms with van der Waals surface area (Å²) in [4.78, 5) is 10.2. The molecule has 0 bridgehead atoms. The average Bonchev–Trinajstić information content (AvgIpc) is 2.43. The summed E-state index contributed by atoms with van der Waals surface area (Å²) in [7, 11) is 1.67. The number of nitrogens with one attached hydrogen (secondary N) is 5. The molecule has 0 heterocycles. The van der Waals surface area contributed by atoms with Gasteiger partial charge in [-0.15, -0.1) is 0 Å². The Hall–Kier alpha value is -0.770.